The number of nitriles is 1. The quantitative estimate of drug-likeness (QED) is 0.761. The minimum Gasteiger partial charge on any atom is -0.301 e. The monoisotopic (exact) mass is 295 g/mol. The molecule has 1 N–H and O–H groups in total. The van der Waals surface area contributed by atoms with E-state index in [-0.39, 0.29) is 6.54 Å². The predicted molar refractivity (Wildman–Crippen MR) is 80.1 cm³/mol. The number of benzene rings is 1. The molecule has 1 atom stereocenters. The Morgan fingerprint density at radius 2 is 2.00 bits per heavy atom. The first-order valence-electron chi connectivity index (χ1n) is 7.22. The van der Waals surface area contributed by atoms with Crippen molar-refractivity contribution in [1.29, 1.82) is 5.26 Å². The molecule has 0 saturated heterocycles. The Kier molecular flexibility index (Phi) is 7.27. The summed E-state index contributed by atoms with van der Waals surface area (Å²) in [6.45, 7) is 2.90. The van der Waals surface area contributed by atoms with E-state index in [4.69, 9.17) is 0 Å². The fraction of sp³-hybridized carbons (Fsp3) is 0.562. The molecule has 5 heteroatoms. The molecule has 0 heterocycles. The van der Waals surface area contributed by atoms with Crippen LogP contribution in [0, 0.1) is 11.3 Å². The van der Waals surface area contributed by atoms with E-state index in [1.54, 1.807) is 11.9 Å². The van der Waals surface area contributed by atoms with Crippen LogP contribution in [0.2, 0.25) is 0 Å². The fourth-order valence-electron chi connectivity index (χ4n) is 2.24. The lowest BCUT2D eigenvalue weighted by Gasteiger charge is -2.30. The molecule has 1 aromatic rings. The van der Waals surface area contributed by atoms with Crippen LogP contribution < -0.4 is 5.32 Å². The molecule has 0 aliphatic heterocycles. The van der Waals surface area contributed by atoms with Crippen molar-refractivity contribution in [2.45, 2.75) is 31.7 Å². The Hall–Kier alpha value is -1.51. The number of hydrogen-bond acceptors (Lipinski definition) is 3. The first-order chi connectivity index (χ1) is 10.0. The highest BCUT2D eigenvalue weighted by atomic mass is 19.3. The Labute approximate surface area is 125 Å². The molecule has 1 aromatic carbocycles. The highest BCUT2D eigenvalue weighted by Gasteiger charge is 2.31. The van der Waals surface area contributed by atoms with Gasteiger partial charge in [0.15, 0.2) is 0 Å². The first kappa shape index (κ1) is 17.5. The molecule has 0 amide bonds. The van der Waals surface area contributed by atoms with Gasteiger partial charge in [0.1, 0.15) is 5.54 Å². The van der Waals surface area contributed by atoms with Gasteiger partial charge in [-0.3, -0.25) is 5.32 Å². The molecule has 1 unspecified atom stereocenters. The van der Waals surface area contributed by atoms with Crippen molar-refractivity contribution in [2.75, 3.05) is 26.7 Å². The minimum atomic E-state index is -2.35. The fourth-order valence-corrected chi connectivity index (χ4v) is 2.24. The largest absolute Gasteiger partial charge is 0.301 e. The second-order valence-corrected chi connectivity index (χ2v) is 5.21. The molecule has 0 bridgehead atoms. The van der Waals surface area contributed by atoms with Gasteiger partial charge in [-0.05, 0) is 32.0 Å². The second-order valence-electron chi connectivity index (χ2n) is 5.21. The average molecular weight is 295 g/mol. The molecule has 116 valence electrons. The molecular formula is C16H23F2N3. The maximum Gasteiger partial charge on any atom is 0.251 e. The first-order valence-corrected chi connectivity index (χ1v) is 7.22. The third-order valence-electron chi connectivity index (χ3n) is 3.45. The Bertz CT molecular complexity index is 445. The maximum atomic E-state index is 12.4. The van der Waals surface area contributed by atoms with Crippen molar-refractivity contribution >= 4 is 0 Å². The molecule has 0 saturated carbocycles. The number of rotatable bonds is 9. The van der Waals surface area contributed by atoms with Crippen LogP contribution in [0.1, 0.15) is 25.3 Å². The van der Waals surface area contributed by atoms with E-state index in [1.807, 2.05) is 37.3 Å². The van der Waals surface area contributed by atoms with Gasteiger partial charge in [-0.1, -0.05) is 37.3 Å². The second kappa shape index (κ2) is 8.71. The standard InChI is InChI=1S/C16H23F2N3/c1-3-10-20-16(13-19,14-7-5-4-6-8-14)9-11-21(2)12-15(17)18/h4-8,15,20H,3,9-12H2,1-2H3. The van der Waals surface area contributed by atoms with Crippen LogP contribution >= 0.6 is 0 Å². The maximum absolute atomic E-state index is 12.4. The zero-order valence-electron chi connectivity index (χ0n) is 12.6. The molecule has 0 aliphatic carbocycles. The highest BCUT2D eigenvalue weighted by Crippen LogP contribution is 2.25. The minimum absolute atomic E-state index is 0.274. The molecule has 0 spiro atoms. The van der Waals surface area contributed by atoms with Crippen LogP contribution in [0.4, 0.5) is 8.78 Å². The van der Waals surface area contributed by atoms with Crippen LogP contribution in [0.15, 0.2) is 30.3 Å². The lowest BCUT2D eigenvalue weighted by atomic mass is 9.87. The summed E-state index contributed by atoms with van der Waals surface area (Å²) in [4.78, 5) is 1.56. The van der Waals surface area contributed by atoms with Crippen molar-refractivity contribution in [3.8, 4) is 6.07 Å². The van der Waals surface area contributed by atoms with Gasteiger partial charge in [-0.25, -0.2) is 8.78 Å². The van der Waals surface area contributed by atoms with Gasteiger partial charge in [0, 0.05) is 6.54 Å². The van der Waals surface area contributed by atoms with Gasteiger partial charge >= 0.3 is 0 Å². The van der Waals surface area contributed by atoms with Crippen LogP contribution in [0.25, 0.3) is 0 Å². The van der Waals surface area contributed by atoms with E-state index in [2.05, 4.69) is 11.4 Å². The smallest absolute Gasteiger partial charge is 0.251 e. The van der Waals surface area contributed by atoms with E-state index in [0.717, 1.165) is 12.0 Å². The molecule has 1 rings (SSSR count). The third kappa shape index (κ3) is 5.41. The summed E-state index contributed by atoms with van der Waals surface area (Å²) in [5.74, 6) is 0. The zero-order valence-corrected chi connectivity index (χ0v) is 12.6. The summed E-state index contributed by atoms with van der Waals surface area (Å²) in [6, 6.07) is 11.8. The van der Waals surface area contributed by atoms with Gasteiger partial charge in [-0.2, -0.15) is 5.26 Å². The number of hydrogen-bond donors (Lipinski definition) is 1. The summed E-state index contributed by atoms with van der Waals surface area (Å²) in [6.07, 6.45) is -0.980. The summed E-state index contributed by atoms with van der Waals surface area (Å²) >= 11 is 0. The van der Waals surface area contributed by atoms with Gasteiger partial charge in [-0.15, -0.1) is 0 Å². The lowest BCUT2D eigenvalue weighted by Crippen LogP contribution is -2.44. The van der Waals surface area contributed by atoms with Crippen LogP contribution in [-0.4, -0.2) is 38.0 Å². The summed E-state index contributed by atoms with van der Waals surface area (Å²) in [7, 11) is 1.65. The van der Waals surface area contributed by atoms with E-state index >= 15 is 0 Å². The van der Waals surface area contributed by atoms with Crippen molar-refractivity contribution in [2.24, 2.45) is 0 Å². The van der Waals surface area contributed by atoms with Crippen molar-refractivity contribution in [1.82, 2.24) is 10.2 Å². The Morgan fingerprint density at radius 3 is 2.52 bits per heavy atom. The normalized spacial score (nSPS) is 14.1. The van der Waals surface area contributed by atoms with E-state index in [0.29, 0.717) is 19.5 Å². The Balaban J connectivity index is 2.84. The van der Waals surface area contributed by atoms with Gasteiger partial charge < -0.3 is 4.90 Å². The lowest BCUT2D eigenvalue weighted by molar-refractivity contribution is 0.0968. The van der Waals surface area contributed by atoms with E-state index in [9.17, 15) is 14.0 Å². The average Bonchev–Trinajstić information content (AvgIpc) is 2.48. The van der Waals surface area contributed by atoms with Crippen LogP contribution in [-0.2, 0) is 5.54 Å². The summed E-state index contributed by atoms with van der Waals surface area (Å²) in [5.41, 5.74) is 0.0552. The van der Waals surface area contributed by atoms with Crippen molar-refractivity contribution in [3.63, 3.8) is 0 Å². The number of nitrogens with one attached hydrogen (secondary N) is 1. The van der Waals surface area contributed by atoms with Crippen LogP contribution in [0.5, 0.6) is 0 Å². The molecule has 0 aromatic heterocycles. The molecular weight excluding hydrogens is 272 g/mol. The Morgan fingerprint density at radius 1 is 1.33 bits per heavy atom. The summed E-state index contributed by atoms with van der Waals surface area (Å²) < 4.78 is 24.8. The van der Waals surface area contributed by atoms with Gasteiger partial charge in [0.25, 0.3) is 6.43 Å². The highest BCUT2D eigenvalue weighted by molar-refractivity contribution is 5.31. The van der Waals surface area contributed by atoms with Crippen molar-refractivity contribution < 1.29 is 8.78 Å². The van der Waals surface area contributed by atoms with E-state index < -0.39 is 12.0 Å². The third-order valence-corrected chi connectivity index (χ3v) is 3.45. The topological polar surface area (TPSA) is 39.1 Å². The van der Waals surface area contributed by atoms with Gasteiger partial charge in [0.2, 0.25) is 0 Å². The number of nitrogens with zero attached hydrogens (tertiary/aromatic N) is 2. The van der Waals surface area contributed by atoms with Crippen LogP contribution in [0.3, 0.4) is 0 Å². The predicted octanol–water partition coefficient (Wildman–Crippen LogP) is 2.99. The molecule has 0 fully saturated rings. The molecule has 0 aliphatic rings. The summed E-state index contributed by atoms with van der Waals surface area (Å²) in [5, 5.41) is 13.0. The molecule has 21 heavy (non-hydrogen) atoms. The number of alkyl halides is 2. The molecule has 3 nitrogen and oxygen atoms in total. The van der Waals surface area contributed by atoms with Gasteiger partial charge in [0.05, 0.1) is 12.6 Å². The van der Waals surface area contributed by atoms with E-state index in [1.165, 1.54) is 0 Å². The number of halogens is 2. The SMILES string of the molecule is CCCNC(C#N)(CCN(C)CC(F)F)c1ccccc1. The zero-order chi connectivity index (χ0) is 15.7. The van der Waals surface area contributed by atoms with Crippen molar-refractivity contribution in [3.05, 3.63) is 35.9 Å². The molecule has 0 radical (unpaired) electrons.